The summed E-state index contributed by atoms with van der Waals surface area (Å²) in [5, 5.41) is 9.22. The Kier molecular flexibility index (Phi) is 4.48. The molecular weight excluding hydrogens is 232 g/mol. The van der Waals surface area contributed by atoms with Crippen molar-refractivity contribution in [3.8, 4) is 0 Å². The fourth-order valence-corrected chi connectivity index (χ4v) is 1.75. The molecule has 0 saturated carbocycles. The number of rotatable bonds is 4. The summed E-state index contributed by atoms with van der Waals surface area (Å²) in [6, 6.07) is 5.28. The SMILES string of the molecule is Cc1cccc(C(C(=O)O)C(=O)OC(C)C)c1C. The van der Waals surface area contributed by atoms with E-state index in [4.69, 9.17) is 4.74 Å². The second-order valence-electron chi connectivity index (χ2n) is 4.55. The van der Waals surface area contributed by atoms with Gasteiger partial charge in [-0.1, -0.05) is 18.2 Å². The first-order chi connectivity index (χ1) is 8.34. The second kappa shape index (κ2) is 5.67. The van der Waals surface area contributed by atoms with E-state index in [2.05, 4.69) is 0 Å². The first-order valence-corrected chi connectivity index (χ1v) is 5.84. The maximum atomic E-state index is 11.9. The topological polar surface area (TPSA) is 63.6 Å². The predicted octanol–water partition coefficient (Wildman–Crippen LogP) is 2.42. The highest BCUT2D eigenvalue weighted by Gasteiger charge is 2.31. The predicted molar refractivity (Wildman–Crippen MR) is 67.5 cm³/mol. The van der Waals surface area contributed by atoms with E-state index in [0.29, 0.717) is 5.56 Å². The van der Waals surface area contributed by atoms with Crippen molar-refractivity contribution >= 4 is 11.9 Å². The van der Waals surface area contributed by atoms with Crippen LogP contribution in [0.25, 0.3) is 0 Å². The third kappa shape index (κ3) is 3.09. The molecular formula is C14H18O4. The first-order valence-electron chi connectivity index (χ1n) is 5.84. The van der Waals surface area contributed by atoms with Gasteiger partial charge in [0, 0.05) is 0 Å². The molecule has 18 heavy (non-hydrogen) atoms. The summed E-state index contributed by atoms with van der Waals surface area (Å²) in [5.41, 5.74) is 2.26. The molecule has 1 rings (SSSR count). The number of esters is 1. The van der Waals surface area contributed by atoms with Crippen molar-refractivity contribution in [2.24, 2.45) is 0 Å². The number of ether oxygens (including phenoxy) is 1. The van der Waals surface area contributed by atoms with Crippen molar-refractivity contribution in [2.45, 2.75) is 39.7 Å². The molecule has 0 aliphatic rings. The van der Waals surface area contributed by atoms with E-state index in [1.807, 2.05) is 19.9 Å². The molecule has 0 aromatic heterocycles. The summed E-state index contributed by atoms with van der Waals surface area (Å²) in [6.07, 6.45) is -0.329. The largest absolute Gasteiger partial charge is 0.480 e. The molecule has 1 unspecified atom stereocenters. The highest BCUT2D eigenvalue weighted by atomic mass is 16.5. The van der Waals surface area contributed by atoms with Gasteiger partial charge in [0.2, 0.25) is 0 Å². The van der Waals surface area contributed by atoms with Gasteiger partial charge >= 0.3 is 11.9 Å². The molecule has 1 aromatic rings. The van der Waals surface area contributed by atoms with Crippen molar-refractivity contribution in [3.05, 3.63) is 34.9 Å². The molecule has 1 atom stereocenters. The molecule has 4 heteroatoms. The number of benzene rings is 1. The fraction of sp³-hybridized carbons (Fsp3) is 0.429. The van der Waals surface area contributed by atoms with Gasteiger partial charge in [-0.15, -0.1) is 0 Å². The average Bonchev–Trinajstić information content (AvgIpc) is 2.23. The van der Waals surface area contributed by atoms with E-state index in [1.165, 1.54) is 0 Å². The van der Waals surface area contributed by atoms with Crippen LogP contribution in [-0.4, -0.2) is 23.1 Å². The van der Waals surface area contributed by atoms with Gasteiger partial charge in [0.15, 0.2) is 5.92 Å². The van der Waals surface area contributed by atoms with Crippen LogP contribution in [0.3, 0.4) is 0 Å². The lowest BCUT2D eigenvalue weighted by Crippen LogP contribution is -2.26. The summed E-state index contributed by atoms with van der Waals surface area (Å²) in [6.45, 7) is 7.08. The molecule has 0 amide bonds. The maximum Gasteiger partial charge on any atom is 0.325 e. The lowest BCUT2D eigenvalue weighted by Gasteiger charge is -2.17. The monoisotopic (exact) mass is 250 g/mol. The van der Waals surface area contributed by atoms with E-state index in [1.54, 1.807) is 26.0 Å². The first kappa shape index (κ1) is 14.2. The Morgan fingerprint density at radius 1 is 1.22 bits per heavy atom. The van der Waals surface area contributed by atoms with Crippen LogP contribution in [-0.2, 0) is 14.3 Å². The Labute approximate surface area is 107 Å². The Bertz CT molecular complexity index is 463. The lowest BCUT2D eigenvalue weighted by atomic mass is 9.92. The van der Waals surface area contributed by atoms with Crippen molar-refractivity contribution in [1.29, 1.82) is 0 Å². The number of carbonyl (C=O) groups is 2. The van der Waals surface area contributed by atoms with Crippen molar-refractivity contribution in [1.82, 2.24) is 0 Å². The van der Waals surface area contributed by atoms with Crippen LogP contribution in [0.15, 0.2) is 18.2 Å². The number of hydrogen-bond donors (Lipinski definition) is 1. The molecule has 0 heterocycles. The number of carboxylic acids is 1. The number of carboxylic acid groups (broad SMARTS) is 1. The van der Waals surface area contributed by atoms with Crippen LogP contribution >= 0.6 is 0 Å². The van der Waals surface area contributed by atoms with Crippen LogP contribution in [0.1, 0.15) is 36.5 Å². The van der Waals surface area contributed by atoms with Gasteiger partial charge in [0.1, 0.15) is 0 Å². The number of carbonyl (C=O) groups excluding carboxylic acids is 1. The molecule has 0 spiro atoms. The molecule has 1 N–H and O–H groups in total. The van der Waals surface area contributed by atoms with E-state index >= 15 is 0 Å². The molecule has 4 nitrogen and oxygen atoms in total. The zero-order valence-electron chi connectivity index (χ0n) is 11.1. The van der Waals surface area contributed by atoms with Crippen LogP contribution in [0.5, 0.6) is 0 Å². The summed E-state index contributed by atoms with van der Waals surface area (Å²) >= 11 is 0. The minimum Gasteiger partial charge on any atom is -0.480 e. The molecule has 0 fully saturated rings. The molecule has 0 radical (unpaired) electrons. The molecule has 0 aliphatic heterocycles. The molecule has 1 aromatic carbocycles. The quantitative estimate of drug-likeness (QED) is 0.658. The third-order valence-corrected chi connectivity index (χ3v) is 2.79. The van der Waals surface area contributed by atoms with Crippen LogP contribution in [0.4, 0.5) is 0 Å². The van der Waals surface area contributed by atoms with Gasteiger partial charge in [0.25, 0.3) is 0 Å². The summed E-state index contributed by atoms with van der Waals surface area (Å²) < 4.78 is 5.00. The summed E-state index contributed by atoms with van der Waals surface area (Å²) in [4.78, 5) is 23.1. The van der Waals surface area contributed by atoms with Crippen LogP contribution in [0.2, 0.25) is 0 Å². The minimum atomic E-state index is -1.26. The standard InChI is InChI=1S/C14H18O4/c1-8(2)18-14(17)12(13(15)16)11-7-5-6-9(3)10(11)4/h5-8,12H,1-4H3,(H,15,16). The van der Waals surface area contributed by atoms with Gasteiger partial charge < -0.3 is 9.84 Å². The normalized spacial score (nSPS) is 12.3. The third-order valence-electron chi connectivity index (χ3n) is 2.79. The Hall–Kier alpha value is -1.84. The van der Waals surface area contributed by atoms with Gasteiger partial charge in [0.05, 0.1) is 6.10 Å². The van der Waals surface area contributed by atoms with Crippen LogP contribution < -0.4 is 0 Å². The number of aliphatic carboxylic acids is 1. The Morgan fingerprint density at radius 3 is 2.33 bits per heavy atom. The Morgan fingerprint density at radius 2 is 1.83 bits per heavy atom. The maximum absolute atomic E-state index is 11.9. The average molecular weight is 250 g/mol. The van der Waals surface area contributed by atoms with Crippen molar-refractivity contribution in [3.63, 3.8) is 0 Å². The van der Waals surface area contributed by atoms with E-state index in [9.17, 15) is 14.7 Å². The lowest BCUT2D eigenvalue weighted by molar-refractivity contribution is -0.156. The smallest absolute Gasteiger partial charge is 0.325 e. The van der Waals surface area contributed by atoms with Gasteiger partial charge in [-0.25, -0.2) is 0 Å². The molecule has 0 bridgehead atoms. The van der Waals surface area contributed by atoms with Gasteiger partial charge in [-0.05, 0) is 44.4 Å². The van der Waals surface area contributed by atoms with Crippen molar-refractivity contribution < 1.29 is 19.4 Å². The highest BCUT2D eigenvalue weighted by molar-refractivity contribution is 6.00. The van der Waals surface area contributed by atoms with E-state index in [-0.39, 0.29) is 6.10 Å². The van der Waals surface area contributed by atoms with Crippen molar-refractivity contribution in [2.75, 3.05) is 0 Å². The zero-order valence-corrected chi connectivity index (χ0v) is 11.1. The number of aryl methyl sites for hydroxylation is 1. The van der Waals surface area contributed by atoms with E-state index in [0.717, 1.165) is 11.1 Å². The second-order valence-corrected chi connectivity index (χ2v) is 4.55. The summed E-state index contributed by atoms with van der Waals surface area (Å²) in [5.74, 6) is -3.16. The molecule has 0 saturated heterocycles. The van der Waals surface area contributed by atoms with Gasteiger partial charge in [-0.3, -0.25) is 9.59 Å². The van der Waals surface area contributed by atoms with Gasteiger partial charge in [-0.2, -0.15) is 0 Å². The summed E-state index contributed by atoms with van der Waals surface area (Å²) in [7, 11) is 0. The Balaban J connectivity index is 3.17. The zero-order chi connectivity index (χ0) is 13.9. The van der Waals surface area contributed by atoms with Crippen LogP contribution in [0, 0.1) is 13.8 Å². The van der Waals surface area contributed by atoms with E-state index < -0.39 is 17.9 Å². The fourth-order valence-electron chi connectivity index (χ4n) is 1.75. The molecule has 98 valence electrons. The molecule has 0 aliphatic carbocycles. The highest BCUT2D eigenvalue weighted by Crippen LogP contribution is 2.24. The minimum absolute atomic E-state index is 0.329. The number of hydrogen-bond acceptors (Lipinski definition) is 3.